The molecule has 2 aromatic rings. The maximum atomic E-state index is 13.3. The Morgan fingerprint density at radius 1 is 1.22 bits per heavy atom. The number of nitrogens with zero attached hydrogens (tertiary/aromatic N) is 3. The molecule has 0 fully saturated rings. The fourth-order valence-electron chi connectivity index (χ4n) is 2.71. The topological polar surface area (TPSA) is 67.4 Å². The number of hydrogen-bond acceptors (Lipinski definition) is 4. The van der Waals surface area contributed by atoms with Gasteiger partial charge in [-0.15, -0.1) is 0 Å². The Hall–Kier alpha value is -1.67. The third-order valence-electron chi connectivity index (χ3n) is 5.88. The highest BCUT2D eigenvalue weighted by Gasteiger charge is 2.37. The summed E-state index contributed by atoms with van der Waals surface area (Å²) in [6, 6.07) is 7.48. The van der Waals surface area contributed by atoms with Crippen LogP contribution in [0.25, 0.3) is 0 Å². The molecule has 0 spiro atoms. The monoisotopic (exact) mass is 496 g/mol. The Morgan fingerprint density at radius 3 is 2.38 bits per heavy atom. The maximum absolute atomic E-state index is 13.3. The summed E-state index contributed by atoms with van der Waals surface area (Å²) in [5.41, 5.74) is 2.55. The zero-order valence-electron chi connectivity index (χ0n) is 20.0. The predicted octanol–water partition coefficient (Wildman–Crippen LogP) is 6.47. The summed E-state index contributed by atoms with van der Waals surface area (Å²) in [5, 5.41) is 3.46. The fourth-order valence-corrected chi connectivity index (χ4v) is 4.18. The Kier molecular flexibility index (Phi) is 9.11. The van der Waals surface area contributed by atoms with Crippen molar-refractivity contribution in [3.05, 3.63) is 52.0 Å². The second kappa shape index (κ2) is 11.0. The van der Waals surface area contributed by atoms with Crippen LogP contribution in [-0.2, 0) is 17.4 Å². The number of carbonyl (C=O) groups excluding carboxylic acids is 1. The standard InChI is InChI=1S/C23H34Cl2N4O2Si/c1-8-17-9-11-19(12-10-17)29(14-18-13-26-21(25)28-20(18)24)22(30)27-16(2)15-31-32(6,7)23(3,4)5/h9-13,16H,8,14-15H2,1-7H3,(H,27,30)/t16-/m1/s1. The molecule has 6 nitrogen and oxygen atoms in total. The van der Waals surface area contributed by atoms with Gasteiger partial charge in [0.05, 0.1) is 13.2 Å². The van der Waals surface area contributed by atoms with Crippen LogP contribution in [0, 0.1) is 0 Å². The summed E-state index contributed by atoms with van der Waals surface area (Å²) < 4.78 is 6.27. The van der Waals surface area contributed by atoms with Crippen LogP contribution in [0.15, 0.2) is 30.5 Å². The Balaban J connectivity index is 2.19. The second-order valence-corrected chi connectivity index (χ2v) is 15.0. The van der Waals surface area contributed by atoms with Gasteiger partial charge >= 0.3 is 6.03 Å². The number of hydrogen-bond donors (Lipinski definition) is 1. The van der Waals surface area contributed by atoms with Crippen molar-refractivity contribution in [2.75, 3.05) is 11.5 Å². The minimum absolute atomic E-state index is 0.0680. The molecule has 176 valence electrons. The van der Waals surface area contributed by atoms with E-state index in [1.165, 1.54) is 5.56 Å². The van der Waals surface area contributed by atoms with Gasteiger partial charge in [0.2, 0.25) is 5.28 Å². The average molecular weight is 498 g/mol. The lowest BCUT2D eigenvalue weighted by molar-refractivity contribution is 0.225. The summed E-state index contributed by atoms with van der Waals surface area (Å²) in [6.07, 6.45) is 2.47. The van der Waals surface area contributed by atoms with Gasteiger partial charge in [-0.25, -0.2) is 14.8 Å². The van der Waals surface area contributed by atoms with Crippen LogP contribution >= 0.6 is 23.2 Å². The normalized spacial score (nSPS) is 13.0. The Morgan fingerprint density at radius 2 is 1.84 bits per heavy atom. The number of rotatable bonds is 8. The smallest absolute Gasteiger partial charge is 0.322 e. The van der Waals surface area contributed by atoms with Crippen molar-refractivity contribution in [1.82, 2.24) is 15.3 Å². The van der Waals surface area contributed by atoms with Crippen molar-refractivity contribution in [2.45, 2.75) is 71.8 Å². The molecule has 0 radical (unpaired) electrons. The van der Waals surface area contributed by atoms with E-state index in [9.17, 15) is 4.79 Å². The van der Waals surface area contributed by atoms with Gasteiger partial charge in [0.25, 0.3) is 0 Å². The van der Waals surface area contributed by atoms with Gasteiger partial charge < -0.3 is 9.74 Å². The molecule has 1 heterocycles. The molecule has 0 bridgehead atoms. The summed E-state index contributed by atoms with van der Waals surface area (Å²) in [7, 11) is -1.91. The second-order valence-electron chi connectivity index (χ2n) is 9.48. The summed E-state index contributed by atoms with van der Waals surface area (Å²) in [6.45, 7) is 15.7. The molecule has 1 N–H and O–H groups in total. The van der Waals surface area contributed by atoms with Gasteiger partial charge in [0.1, 0.15) is 5.15 Å². The van der Waals surface area contributed by atoms with Crippen LogP contribution in [0.2, 0.25) is 28.6 Å². The summed E-state index contributed by atoms with van der Waals surface area (Å²) in [4.78, 5) is 22.9. The van der Waals surface area contributed by atoms with E-state index in [0.717, 1.165) is 12.1 Å². The zero-order valence-corrected chi connectivity index (χ0v) is 22.5. The molecule has 0 unspecified atom stereocenters. The van der Waals surface area contributed by atoms with Crippen molar-refractivity contribution in [3.8, 4) is 0 Å². The minimum Gasteiger partial charge on any atom is -0.415 e. The van der Waals surface area contributed by atoms with Gasteiger partial charge in [-0.05, 0) is 60.8 Å². The fraction of sp³-hybridized carbons (Fsp3) is 0.522. The molecule has 2 rings (SSSR count). The van der Waals surface area contributed by atoms with Crippen LogP contribution in [-0.4, -0.2) is 37.0 Å². The largest absolute Gasteiger partial charge is 0.415 e. The predicted molar refractivity (Wildman–Crippen MR) is 135 cm³/mol. The first-order valence-corrected chi connectivity index (χ1v) is 14.5. The number of nitrogens with one attached hydrogen (secondary N) is 1. The molecule has 1 atom stereocenters. The average Bonchev–Trinajstić information content (AvgIpc) is 2.71. The third-order valence-corrected chi connectivity index (χ3v) is 10.9. The molecule has 0 aliphatic rings. The van der Waals surface area contributed by atoms with Crippen molar-refractivity contribution in [1.29, 1.82) is 0 Å². The number of aryl methyl sites for hydroxylation is 1. The molecule has 0 aliphatic carbocycles. The highest BCUT2D eigenvalue weighted by molar-refractivity contribution is 6.74. The number of benzene rings is 1. The van der Waals surface area contributed by atoms with Crippen LogP contribution in [0.5, 0.6) is 0 Å². The van der Waals surface area contributed by atoms with E-state index in [-0.39, 0.29) is 34.1 Å². The molecule has 32 heavy (non-hydrogen) atoms. The van der Waals surface area contributed by atoms with Gasteiger partial charge in [-0.3, -0.25) is 4.90 Å². The molecule has 2 amide bonds. The van der Waals surface area contributed by atoms with E-state index in [2.05, 4.69) is 56.1 Å². The molecule has 1 aromatic heterocycles. The first-order valence-electron chi connectivity index (χ1n) is 10.8. The minimum atomic E-state index is -1.91. The van der Waals surface area contributed by atoms with Crippen molar-refractivity contribution >= 4 is 43.2 Å². The number of amides is 2. The molecule has 0 saturated heterocycles. The summed E-state index contributed by atoms with van der Waals surface area (Å²) in [5.74, 6) is 0. The molecule has 1 aromatic carbocycles. The van der Waals surface area contributed by atoms with E-state index in [0.29, 0.717) is 12.2 Å². The highest BCUT2D eigenvalue weighted by atomic mass is 35.5. The molecule has 0 aliphatic heterocycles. The van der Waals surface area contributed by atoms with Crippen LogP contribution < -0.4 is 10.2 Å². The van der Waals surface area contributed by atoms with E-state index in [1.807, 2.05) is 31.2 Å². The maximum Gasteiger partial charge on any atom is 0.322 e. The van der Waals surface area contributed by atoms with Crippen molar-refractivity contribution < 1.29 is 9.22 Å². The SMILES string of the molecule is CCc1ccc(N(Cc2cnc(Cl)nc2Cl)C(=O)N[C@H](C)CO[Si](C)(C)C(C)(C)C)cc1. The Labute approximate surface area is 202 Å². The number of carbonyl (C=O) groups is 1. The van der Waals surface area contributed by atoms with E-state index in [1.54, 1.807) is 11.1 Å². The number of halogens is 2. The molecule has 0 saturated carbocycles. The highest BCUT2D eigenvalue weighted by Crippen LogP contribution is 2.36. The third kappa shape index (κ3) is 7.17. The lowest BCUT2D eigenvalue weighted by Gasteiger charge is -2.37. The number of urea groups is 1. The Bertz CT molecular complexity index is 917. The van der Waals surface area contributed by atoms with Crippen LogP contribution in [0.1, 0.15) is 45.7 Å². The zero-order chi connectivity index (χ0) is 24.1. The van der Waals surface area contributed by atoms with E-state index >= 15 is 0 Å². The van der Waals surface area contributed by atoms with Crippen molar-refractivity contribution in [3.63, 3.8) is 0 Å². The van der Waals surface area contributed by atoms with Gasteiger partial charge in [0, 0.05) is 23.5 Å². The molecule has 9 heteroatoms. The van der Waals surface area contributed by atoms with Gasteiger partial charge in [-0.1, -0.05) is 51.4 Å². The van der Waals surface area contributed by atoms with Gasteiger partial charge in [-0.2, -0.15) is 0 Å². The van der Waals surface area contributed by atoms with Crippen LogP contribution in [0.3, 0.4) is 0 Å². The number of aromatic nitrogens is 2. The number of anilines is 1. The first kappa shape index (κ1) is 26.6. The quantitative estimate of drug-likeness (QED) is 0.258. The molecular weight excluding hydrogens is 463 g/mol. The molecular formula is C23H34Cl2N4O2Si. The van der Waals surface area contributed by atoms with Crippen LogP contribution in [0.4, 0.5) is 10.5 Å². The van der Waals surface area contributed by atoms with Gasteiger partial charge in [0.15, 0.2) is 8.32 Å². The first-order chi connectivity index (χ1) is 14.8. The van der Waals surface area contributed by atoms with Crippen molar-refractivity contribution in [2.24, 2.45) is 0 Å². The lowest BCUT2D eigenvalue weighted by Crippen LogP contribution is -2.48. The van der Waals surface area contributed by atoms with E-state index in [4.69, 9.17) is 27.6 Å². The summed E-state index contributed by atoms with van der Waals surface area (Å²) >= 11 is 12.1. The van der Waals surface area contributed by atoms with E-state index < -0.39 is 8.32 Å². The lowest BCUT2D eigenvalue weighted by atomic mass is 10.1.